The van der Waals surface area contributed by atoms with Crippen LogP contribution in [0.2, 0.25) is 0 Å². The Labute approximate surface area is 125 Å². The van der Waals surface area contributed by atoms with E-state index in [1.54, 1.807) is 6.92 Å². The number of aromatic nitrogens is 3. The summed E-state index contributed by atoms with van der Waals surface area (Å²) in [4.78, 5) is 15.5. The molecule has 0 aliphatic carbocycles. The number of anilines is 1. The monoisotopic (exact) mass is 330 g/mol. The third-order valence-electron chi connectivity index (χ3n) is 2.72. The van der Waals surface area contributed by atoms with E-state index in [1.165, 1.54) is 28.4 Å². The van der Waals surface area contributed by atoms with Gasteiger partial charge in [-0.3, -0.25) is 14.2 Å². The van der Waals surface area contributed by atoms with E-state index in [0.29, 0.717) is 5.13 Å². The topological polar surface area (TPSA) is 114 Å². The van der Waals surface area contributed by atoms with Crippen LogP contribution in [0, 0.1) is 13.8 Å². The van der Waals surface area contributed by atoms with E-state index in [0.717, 1.165) is 10.6 Å². The number of aliphatic carboxylic acids is 1. The quantitative estimate of drug-likeness (QED) is 0.823. The van der Waals surface area contributed by atoms with Crippen LogP contribution in [0.4, 0.5) is 5.13 Å². The number of aryl methyl sites for hydroxylation is 3. The number of carboxylic acids is 1. The number of hydrogen-bond donors (Lipinski definition) is 2. The second-order valence-electron chi connectivity index (χ2n) is 4.35. The van der Waals surface area contributed by atoms with Gasteiger partial charge < -0.3 is 5.11 Å². The van der Waals surface area contributed by atoms with Crippen molar-refractivity contribution in [3.8, 4) is 0 Å². The minimum Gasteiger partial charge on any atom is -0.481 e. The van der Waals surface area contributed by atoms with E-state index in [-0.39, 0.29) is 17.9 Å². The molecule has 0 atom stereocenters. The Morgan fingerprint density at radius 1 is 1.48 bits per heavy atom. The zero-order chi connectivity index (χ0) is 15.6. The van der Waals surface area contributed by atoms with Crippen molar-refractivity contribution in [2.24, 2.45) is 0 Å². The van der Waals surface area contributed by atoms with E-state index in [1.807, 2.05) is 6.92 Å². The summed E-state index contributed by atoms with van der Waals surface area (Å²) < 4.78 is 28.0. The van der Waals surface area contributed by atoms with Crippen LogP contribution in [0.25, 0.3) is 0 Å². The van der Waals surface area contributed by atoms with Gasteiger partial charge in [0.2, 0.25) is 0 Å². The Balaban J connectivity index is 2.14. The standard InChI is InChI=1S/C11H14N4O4S2/c1-7-8(2)20-11(13-7)14-21(18,19)9-5-12-15(6-9)4-3-10(16)17/h5-6H,3-4H2,1-2H3,(H,13,14)(H,16,17). The maximum Gasteiger partial charge on any atom is 0.305 e. The molecular weight excluding hydrogens is 316 g/mol. The van der Waals surface area contributed by atoms with Crippen molar-refractivity contribution in [3.05, 3.63) is 23.0 Å². The van der Waals surface area contributed by atoms with Crippen LogP contribution in [0.15, 0.2) is 17.3 Å². The lowest BCUT2D eigenvalue weighted by atomic mass is 10.4. The van der Waals surface area contributed by atoms with Crippen LogP contribution in [0.5, 0.6) is 0 Å². The first kappa shape index (κ1) is 15.4. The molecule has 2 rings (SSSR count). The smallest absolute Gasteiger partial charge is 0.305 e. The van der Waals surface area contributed by atoms with E-state index >= 15 is 0 Å². The van der Waals surface area contributed by atoms with Gasteiger partial charge in [0.15, 0.2) is 5.13 Å². The predicted octanol–water partition coefficient (Wildman–Crippen LogP) is 1.23. The molecule has 0 saturated carbocycles. The number of carboxylic acid groups (broad SMARTS) is 1. The maximum atomic E-state index is 12.2. The highest BCUT2D eigenvalue weighted by Gasteiger charge is 2.19. The number of thiazole rings is 1. The van der Waals surface area contributed by atoms with Gasteiger partial charge in [-0.2, -0.15) is 5.10 Å². The molecule has 2 aromatic heterocycles. The highest BCUT2D eigenvalue weighted by molar-refractivity contribution is 7.93. The van der Waals surface area contributed by atoms with Crippen LogP contribution < -0.4 is 4.72 Å². The number of carbonyl (C=O) groups is 1. The summed E-state index contributed by atoms with van der Waals surface area (Å²) in [5.41, 5.74) is 0.773. The minimum absolute atomic E-state index is 0.0293. The summed E-state index contributed by atoms with van der Waals surface area (Å²) in [5, 5.41) is 12.7. The lowest BCUT2D eigenvalue weighted by Gasteiger charge is -2.01. The molecule has 0 fully saturated rings. The molecule has 0 aliphatic heterocycles. The first-order valence-electron chi connectivity index (χ1n) is 5.99. The Kier molecular flexibility index (Phi) is 4.28. The predicted molar refractivity (Wildman–Crippen MR) is 76.9 cm³/mol. The van der Waals surface area contributed by atoms with Gasteiger partial charge in [-0.05, 0) is 13.8 Å². The zero-order valence-corrected chi connectivity index (χ0v) is 13.0. The van der Waals surface area contributed by atoms with Crippen molar-refractivity contribution in [1.29, 1.82) is 0 Å². The highest BCUT2D eigenvalue weighted by Crippen LogP contribution is 2.23. The molecule has 0 radical (unpaired) electrons. The molecule has 2 N–H and O–H groups in total. The summed E-state index contributed by atoms with van der Waals surface area (Å²) >= 11 is 1.25. The zero-order valence-electron chi connectivity index (χ0n) is 11.4. The van der Waals surface area contributed by atoms with Crippen molar-refractivity contribution in [2.45, 2.75) is 31.7 Å². The molecule has 2 heterocycles. The van der Waals surface area contributed by atoms with Gasteiger partial charge in [0, 0.05) is 11.1 Å². The van der Waals surface area contributed by atoms with Gasteiger partial charge >= 0.3 is 5.97 Å². The molecule has 0 saturated heterocycles. The molecule has 114 valence electrons. The normalized spacial score (nSPS) is 11.5. The van der Waals surface area contributed by atoms with Crippen molar-refractivity contribution in [1.82, 2.24) is 14.8 Å². The molecule has 0 unspecified atom stereocenters. The van der Waals surface area contributed by atoms with Crippen molar-refractivity contribution in [3.63, 3.8) is 0 Å². The van der Waals surface area contributed by atoms with Crippen LogP contribution in [0.1, 0.15) is 17.0 Å². The van der Waals surface area contributed by atoms with Gasteiger partial charge in [0.1, 0.15) is 4.90 Å². The highest BCUT2D eigenvalue weighted by atomic mass is 32.2. The molecule has 0 amide bonds. The third kappa shape index (κ3) is 3.79. The number of nitrogens with zero attached hydrogens (tertiary/aromatic N) is 3. The molecule has 21 heavy (non-hydrogen) atoms. The van der Waals surface area contributed by atoms with Crippen LogP contribution in [0.3, 0.4) is 0 Å². The SMILES string of the molecule is Cc1nc(NS(=O)(=O)c2cnn(CCC(=O)O)c2)sc1C. The summed E-state index contributed by atoms with van der Waals surface area (Å²) in [6.07, 6.45) is 2.34. The fourth-order valence-corrected chi connectivity index (χ4v) is 3.51. The average Bonchev–Trinajstić information content (AvgIpc) is 2.95. The second-order valence-corrected chi connectivity index (χ2v) is 7.23. The first-order chi connectivity index (χ1) is 9.78. The number of nitrogens with one attached hydrogen (secondary N) is 1. The number of hydrogen-bond acceptors (Lipinski definition) is 6. The second kappa shape index (κ2) is 5.82. The Hall–Kier alpha value is -1.94. The van der Waals surface area contributed by atoms with E-state index in [4.69, 9.17) is 5.11 Å². The molecular formula is C11H14N4O4S2. The van der Waals surface area contributed by atoms with Gasteiger partial charge in [-0.25, -0.2) is 13.4 Å². The van der Waals surface area contributed by atoms with E-state index in [9.17, 15) is 13.2 Å². The summed E-state index contributed by atoms with van der Waals surface area (Å²) in [6, 6.07) is 0. The molecule has 0 aromatic carbocycles. The fourth-order valence-electron chi connectivity index (χ4n) is 1.51. The Morgan fingerprint density at radius 2 is 2.19 bits per heavy atom. The number of sulfonamides is 1. The van der Waals surface area contributed by atoms with Crippen LogP contribution >= 0.6 is 11.3 Å². The molecule has 8 nitrogen and oxygen atoms in total. The molecule has 0 aliphatic rings. The number of rotatable bonds is 6. The van der Waals surface area contributed by atoms with Crippen LogP contribution in [-0.4, -0.2) is 34.3 Å². The lowest BCUT2D eigenvalue weighted by Crippen LogP contribution is -2.12. The van der Waals surface area contributed by atoms with Gasteiger partial charge in [0.25, 0.3) is 10.0 Å². The summed E-state index contributed by atoms with van der Waals surface area (Å²) in [7, 11) is -3.77. The molecule has 10 heteroatoms. The van der Waals surface area contributed by atoms with Gasteiger partial charge in [-0.1, -0.05) is 0 Å². The minimum atomic E-state index is -3.77. The maximum absolute atomic E-state index is 12.2. The van der Waals surface area contributed by atoms with Crippen molar-refractivity contribution in [2.75, 3.05) is 4.72 Å². The van der Waals surface area contributed by atoms with E-state index < -0.39 is 16.0 Å². The molecule has 0 spiro atoms. The van der Waals surface area contributed by atoms with Gasteiger partial charge in [-0.15, -0.1) is 11.3 Å². The third-order valence-corrected chi connectivity index (χ3v) is 5.14. The van der Waals surface area contributed by atoms with E-state index in [2.05, 4.69) is 14.8 Å². The molecule has 2 aromatic rings. The van der Waals surface area contributed by atoms with Gasteiger partial charge in [0.05, 0.1) is 24.9 Å². The summed E-state index contributed by atoms with van der Waals surface area (Å²) in [5.74, 6) is -0.971. The lowest BCUT2D eigenvalue weighted by molar-refractivity contribution is -0.137. The van der Waals surface area contributed by atoms with Crippen molar-refractivity contribution < 1.29 is 18.3 Å². The van der Waals surface area contributed by atoms with Crippen molar-refractivity contribution >= 4 is 32.5 Å². The largest absolute Gasteiger partial charge is 0.481 e. The summed E-state index contributed by atoms with van der Waals surface area (Å²) in [6.45, 7) is 3.77. The average molecular weight is 330 g/mol. The molecule has 0 bridgehead atoms. The first-order valence-corrected chi connectivity index (χ1v) is 8.29. The Morgan fingerprint density at radius 3 is 2.76 bits per heavy atom. The van der Waals surface area contributed by atoms with Crippen LogP contribution in [-0.2, 0) is 21.4 Å². The Bertz CT molecular complexity index is 744. The fraction of sp³-hybridized carbons (Fsp3) is 0.364.